The van der Waals surface area contributed by atoms with Gasteiger partial charge < -0.3 is 24.7 Å². The van der Waals surface area contributed by atoms with Gasteiger partial charge in [-0.15, -0.1) is 0 Å². The number of nitrogens with zero attached hydrogens (tertiary/aromatic N) is 5. The Hall–Kier alpha value is -4.50. The number of likely N-dealkylation sites (tertiary alicyclic amines) is 2. The van der Waals surface area contributed by atoms with Crippen molar-refractivity contribution < 1.29 is 14.0 Å². The van der Waals surface area contributed by atoms with Crippen LogP contribution in [0.15, 0.2) is 72.8 Å². The largest absolute Gasteiger partial charge is 0.338 e. The molecule has 0 spiro atoms. The number of hydrogen-bond acceptors (Lipinski definition) is 4. The molecule has 2 aromatic heterocycles. The van der Waals surface area contributed by atoms with Crippen LogP contribution in [0.4, 0.5) is 4.39 Å². The Balaban J connectivity index is 1.11. The smallest absolute Gasteiger partial charge is 0.254 e. The number of piperidine rings is 1. The summed E-state index contributed by atoms with van der Waals surface area (Å²) in [7, 11) is 0. The van der Waals surface area contributed by atoms with Crippen molar-refractivity contribution in [2.24, 2.45) is 23.5 Å². The fourth-order valence-electron chi connectivity index (χ4n) is 8.19. The lowest BCUT2D eigenvalue weighted by atomic mass is 9.98. The second-order valence-electron chi connectivity index (χ2n) is 13.9. The Morgan fingerprint density at radius 3 is 2.30 bits per heavy atom. The van der Waals surface area contributed by atoms with Crippen molar-refractivity contribution in [3.63, 3.8) is 0 Å². The van der Waals surface area contributed by atoms with Gasteiger partial charge in [0.15, 0.2) is 5.82 Å². The van der Waals surface area contributed by atoms with Crippen molar-refractivity contribution in [1.82, 2.24) is 23.9 Å². The number of amides is 2. The molecule has 9 heteroatoms. The Labute approximate surface area is 266 Å². The maximum atomic E-state index is 16.3. The van der Waals surface area contributed by atoms with Gasteiger partial charge in [-0.25, -0.2) is 9.37 Å². The number of fused-ring (bicyclic) bond motifs is 4. The third kappa shape index (κ3) is 4.47. The molecular formula is C37H37FN6O2. The maximum absolute atomic E-state index is 16.3. The summed E-state index contributed by atoms with van der Waals surface area (Å²) in [5, 5.41) is 1.12. The molecule has 2 saturated heterocycles. The molecule has 2 N–H and O–H groups in total. The van der Waals surface area contributed by atoms with Gasteiger partial charge in [-0.2, -0.15) is 0 Å². The molecule has 3 atom stereocenters. The number of hydrogen-bond donors (Lipinski definition) is 1. The molecule has 0 unspecified atom stereocenters. The average Bonchev–Trinajstić information content (AvgIpc) is 3.40. The van der Waals surface area contributed by atoms with Gasteiger partial charge >= 0.3 is 0 Å². The van der Waals surface area contributed by atoms with Crippen LogP contribution in [0.2, 0.25) is 0 Å². The minimum absolute atomic E-state index is 0.00691. The van der Waals surface area contributed by atoms with Crippen LogP contribution in [0.1, 0.15) is 46.4 Å². The number of imidazole rings is 1. The fourth-order valence-corrected chi connectivity index (χ4v) is 8.19. The molecule has 4 aliphatic rings. The highest BCUT2D eigenvalue weighted by molar-refractivity contribution is 5.99. The second kappa shape index (κ2) is 10.5. The summed E-state index contributed by atoms with van der Waals surface area (Å²) in [6.45, 7) is 3.22. The number of carbonyl (C=O) groups is 2. The predicted molar refractivity (Wildman–Crippen MR) is 175 cm³/mol. The molecule has 46 heavy (non-hydrogen) atoms. The van der Waals surface area contributed by atoms with Gasteiger partial charge in [0.1, 0.15) is 11.3 Å². The van der Waals surface area contributed by atoms with E-state index in [1.165, 1.54) is 18.9 Å². The van der Waals surface area contributed by atoms with Crippen molar-refractivity contribution in [2.75, 3.05) is 19.6 Å². The summed E-state index contributed by atoms with van der Waals surface area (Å²) >= 11 is 0. The van der Waals surface area contributed by atoms with Gasteiger partial charge in [-0.3, -0.25) is 9.59 Å². The maximum Gasteiger partial charge on any atom is 0.254 e. The normalized spacial score (nSPS) is 22.7. The Morgan fingerprint density at radius 2 is 1.57 bits per heavy atom. The molecule has 4 heterocycles. The first-order valence-corrected chi connectivity index (χ1v) is 16.6. The first kappa shape index (κ1) is 27.8. The van der Waals surface area contributed by atoms with E-state index in [1.807, 2.05) is 50.8 Å². The summed E-state index contributed by atoms with van der Waals surface area (Å²) in [5.41, 5.74) is 10.4. The third-order valence-electron chi connectivity index (χ3n) is 10.8. The summed E-state index contributed by atoms with van der Waals surface area (Å²) < 4.78 is 20.7. The van der Waals surface area contributed by atoms with E-state index in [2.05, 4.69) is 28.8 Å². The molecule has 234 valence electrons. The van der Waals surface area contributed by atoms with E-state index in [4.69, 9.17) is 10.7 Å². The molecule has 2 aliphatic heterocycles. The summed E-state index contributed by atoms with van der Waals surface area (Å²) in [5.74, 6) is 1.18. The minimum Gasteiger partial charge on any atom is -0.338 e. The fraction of sp³-hybridized carbons (Fsp3) is 0.378. The lowest BCUT2D eigenvalue weighted by molar-refractivity contribution is 0.0471. The van der Waals surface area contributed by atoms with Gasteiger partial charge in [-0.05, 0) is 73.9 Å². The van der Waals surface area contributed by atoms with Crippen LogP contribution in [0.5, 0.6) is 0 Å². The number of aromatic nitrogens is 3. The van der Waals surface area contributed by atoms with Crippen LogP contribution in [-0.4, -0.2) is 67.5 Å². The molecule has 5 aromatic rings. The highest BCUT2D eigenvalue weighted by Crippen LogP contribution is 2.40. The molecule has 2 saturated carbocycles. The Bertz CT molecular complexity index is 2010. The van der Waals surface area contributed by atoms with Crippen molar-refractivity contribution in [3.8, 4) is 11.5 Å². The number of carbonyl (C=O) groups excluding carboxylic acids is 2. The summed E-state index contributed by atoms with van der Waals surface area (Å²) in [6.07, 6.45) is 4.36. The van der Waals surface area contributed by atoms with Crippen molar-refractivity contribution in [2.45, 2.75) is 50.9 Å². The highest BCUT2D eigenvalue weighted by atomic mass is 19.1. The predicted octanol–water partition coefficient (Wildman–Crippen LogP) is 5.54. The number of nitrogens with two attached hydrogens (primary N) is 1. The van der Waals surface area contributed by atoms with E-state index in [1.54, 1.807) is 6.07 Å². The molecular weight excluding hydrogens is 579 g/mol. The van der Waals surface area contributed by atoms with E-state index < -0.39 is 5.82 Å². The zero-order valence-corrected chi connectivity index (χ0v) is 25.7. The van der Waals surface area contributed by atoms with Crippen molar-refractivity contribution in [1.29, 1.82) is 0 Å². The summed E-state index contributed by atoms with van der Waals surface area (Å²) in [6, 6.07) is 23.0. The molecule has 9 rings (SSSR count). The lowest BCUT2D eigenvalue weighted by Gasteiger charge is -2.39. The van der Waals surface area contributed by atoms with E-state index in [0.29, 0.717) is 66.0 Å². The highest BCUT2D eigenvalue weighted by Gasteiger charge is 2.47. The summed E-state index contributed by atoms with van der Waals surface area (Å²) in [4.78, 5) is 35.6. The Kier molecular flexibility index (Phi) is 6.35. The monoisotopic (exact) mass is 616 g/mol. The number of halogens is 1. The number of para-hydroxylation sites is 1. The van der Waals surface area contributed by atoms with Gasteiger partial charge in [0.05, 0.1) is 11.2 Å². The van der Waals surface area contributed by atoms with Crippen LogP contribution in [0.25, 0.3) is 33.5 Å². The van der Waals surface area contributed by atoms with E-state index in [9.17, 15) is 9.59 Å². The Morgan fingerprint density at radius 1 is 0.804 bits per heavy atom. The van der Waals surface area contributed by atoms with Gasteiger partial charge in [-0.1, -0.05) is 36.4 Å². The van der Waals surface area contributed by atoms with Gasteiger partial charge in [0.25, 0.3) is 11.8 Å². The standard InChI is InChI=1S/C37H37FN6O2/c38-28-14-27(37(46)43-21-26-12-13-31(43)33(26)39)15-29-34(28)44(20-23-17-41(18-23)36(45)24-6-2-1-3-7-24)35(40-29)32-16-25-8-4-5-9-30(25)42(32)19-22-10-11-22/h1-9,14-16,22-23,26,31,33H,10-13,17-21,39H2/t26-,31-,33-/m1/s1. The molecule has 2 bridgehead atoms. The van der Waals surface area contributed by atoms with Crippen LogP contribution in [-0.2, 0) is 13.1 Å². The number of rotatable bonds is 7. The first-order valence-electron chi connectivity index (χ1n) is 16.6. The average molecular weight is 617 g/mol. The number of benzene rings is 3. The zero-order chi connectivity index (χ0) is 31.1. The van der Waals surface area contributed by atoms with Crippen LogP contribution in [0.3, 0.4) is 0 Å². The van der Waals surface area contributed by atoms with E-state index in [-0.39, 0.29) is 29.8 Å². The lowest BCUT2D eigenvalue weighted by Crippen LogP contribution is -2.51. The zero-order valence-electron chi connectivity index (χ0n) is 25.7. The van der Waals surface area contributed by atoms with Gasteiger partial charge in [0, 0.05) is 72.8 Å². The second-order valence-corrected chi connectivity index (χ2v) is 13.9. The molecule has 8 nitrogen and oxygen atoms in total. The minimum atomic E-state index is -0.449. The van der Waals surface area contributed by atoms with Crippen molar-refractivity contribution in [3.05, 3.63) is 89.7 Å². The van der Waals surface area contributed by atoms with E-state index in [0.717, 1.165) is 36.0 Å². The third-order valence-corrected chi connectivity index (χ3v) is 10.8. The molecule has 2 amide bonds. The van der Waals surface area contributed by atoms with Gasteiger partial charge in [0.2, 0.25) is 0 Å². The van der Waals surface area contributed by atoms with Crippen molar-refractivity contribution >= 4 is 33.8 Å². The molecule has 4 fully saturated rings. The quantitative estimate of drug-likeness (QED) is 0.260. The molecule has 3 aromatic carbocycles. The van der Waals surface area contributed by atoms with Crippen LogP contribution < -0.4 is 5.73 Å². The first-order chi connectivity index (χ1) is 22.4. The van der Waals surface area contributed by atoms with Crippen LogP contribution in [0, 0.1) is 23.6 Å². The SMILES string of the molecule is N[C@@H]1[C@@H]2CC[C@H]1N(C(=O)c1cc(F)c3c(c1)nc(-c1cc4ccccc4n1CC1CC1)n3CC1CN(C(=O)c3ccccc3)C1)C2. The molecule has 2 aliphatic carbocycles. The molecule has 0 radical (unpaired) electrons. The van der Waals surface area contributed by atoms with E-state index >= 15 is 4.39 Å². The van der Waals surface area contributed by atoms with Crippen LogP contribution >= 0.6 is 0 Å². The topological polar surface area (TPSA) is 89.4 Å².